The van der Waals surface area contributed by atoms with E-state index in [4.69, 9.17) is 5.73 Å². The van der Waals surface area contributed by atoms with Crippen LogP contribution in [0.4, 0.5) is 5.69 Å². The molecule has 1 aromatic carbocycles. The van der Waals surface area contributed by atoms with E-state index in [0.717, 1.165) is 53.6 Å². The van der Waals surface area contributed by atoms with Gasteiger partial charge in [-0.1, -0.05) is 13.3 Å². The zero-order valence-electron chi connectivity index (χ0n) is 14.4. The molecule has 3 aromatic rings. The number of benzene rings is 1. The molecule has 6 heteroatoms. The molecule has 24 heavy (non-hydrogen) atoms. The molecular formula is C18H25N5O. The second kappa shape index (κ2) is 7.05. The number of nitrogens with zero attached hydrogens (tertiary/aromatic N) is 2. The van der Waals surface area contributed by atoms with Gasteiger partial charge in [-0.3, -0.25) is 9.89 Å². The first-order valence-electron chi connectivity index (χ1n) is 8.62. The summed E-state index contributed by atoms with van der Waals surface area (Å²) in [6.45, 7) is 6.19. The molecule has 2 heterocycles. The summed E-state index contributed by atoms with van der Waals surface area (Å²) in [5, 5.41) is 12.4. The van der Waals surface area contributed by atoms with Gasteiger partial charge < -0.3 is 15.6 Å². The lowest BCUT2D eigenvalue weighted by Gasteiger charge is -2.13. The summed E-state index contributed by atoms with van der Waals surface area (Å²) in [7, 11) is 0. The topological polar surface area (TPSA) is 88.7 Å². The highest BCUT2D eigenvalue weighted by atomic mass is 16.1. The van der Waals surface area contributed by atoms with Gasteiger partial charge in [0.25, 0.3) is 5.56 Å². The predicted molar refractivity (Wildman–Crippen MR) is 99.7 cm³/mol. The fourth-order valence-corrected chi connectivity index (χ4v) is 3.08. The SMILES string of the molecule is CCCCNc1ccc2c(c1)c1n[nH]c(C)c1c(=O)n2CCCN. The summed E-state index contributed by atoms with van der Waals surface area (Å²) in [5.74, 6) is 0. The van der Waals surface area contributed by atoms with E-state index in [-0.39, 0.29) is 5.56 Å². The highest BCUT2D eigenvalue weighted by molar-refractivity contribution is 6.05. The van der Waals surface area contributed by atoms with Crippen molar-refractivity contribution in [2.24, 2.45) is 5.73 Å². The Morgan fingerprint density at radius 3 is 2.92 bits per heavy atom. The Balaban J connectivity index is 2.19. The van der Waals surface area contributed by atoms with E-state index >= 15 is 0 Å². The van der Waals surface area contributed by atoms with Gasteiger partial charge in [0, 0.05) is 29.9 Å². The molecule has 0 unspecified atom stereocenters. The first-order valence-corrected chi connectivity index (χ1v) is 8.62. The van der Waals surface area contributed by atoms with Crippen molar-refractivity contribution in [3.8, 4) is 0 Å². The summed E-state index contributed by atoms with van der Waals surface area (Å²) in [4.78, 5) is 12.9. The molecule has 0 saturated carbocycles. The van der Waals surface area contributed by atoms with E-state index in [1.165, 1.54) is 0 Å². The van der Waals surface area contributed by atoms with Crippen LogP contribution in [0.2, 0.25) is 0 Å². The number of hydrogen-bond acceptors (Lipinski definition) is 4. The van der Waals surface area contributed by atoms with Gasteiger partial charge in [0.2, 0.25) is 0 Å². The first-order chi connectivity index (χ1) is 11.7. The number of aryl methyl sites for hydroxylation is 2. The molecule has 0 bridgehead atoms. The number of fused-ring (bicyclic) bond motifs is 3. The predicted octanol–water partition coefficient (Wildman–Crippen LogP) is 2.75. The van der Waals surface area contributed by atoms with Crippen molar-refractivity contribution in [2.75, 3.05) is 18.4 Å². The Bertz CT molecular complexity index is 909. The lowest BCUT2D eigenvalue weighted by molar-refractivity contribution is 0.654. The van der Waals surface area contributed by atoms with Crippen molar-refractivity contribution in [3.05, 3.63) is 34.2 Å². The Morgan fingerprint density at radius 2 is 2.17 bits per heavy atom. The molecule has 0 aliphatic heterocycles. The zero-order valence-corrected chi connectivity index (χ0v) is 14.4. The lowest BCUT2D eigenvalue weighted by atomic mass is 10.1. The highest BCUT2D eigenvalue weighted by Crippen LogP contribution is 2.26. The summed E-state index contributed by atoms with van der Waals surface area (Å²) in [5.41, 5.74) is 9.17. The van der Waals surface area contributed by atoms with Gasteiger partial charge in [0.15, 0.2) is 0 Å². The lowest BCUT2D eigenvalue weighted by Crippen LogP contribution is -2.22. The number of aromatic nitrogens is 3. The van der Waals surface area contributed by atoms with E-state index in [1.54, 1.807) is 0 Å². The number of hydrogen-bond donors (Lipinski definition) is 3. The molecule has 6 nitrogen and oxygen atoms in total. The molecule has 0 radical (unpaired) electrons. The number of anilines is 1. The fourth-order valence-electron chi connectivity index (χ4n) is 3.08. The quantitative estimate of drug-likeness (QED) is 0.582. The molecule has 0 saturated heterocycles. The Labute approximate surface area is 141 Å². The molecule has 0 atom stereocenters. The van der Waals surface area contributed by atoms with Gasteiger partial charge in [-0.05, 0) is 44.5 Å². The van der Waals surface area contributed by atoms with Crippen LogP contribution in [0.1, 0.15) is 31.9 Å². The summed E-state index contributed by atoms with van der Waals surface area (Å²) >= 11 is 0. The molecule has 0 spiro atoms. The van der Waals surface area contributed by atoms with Crippen LogP contribution in [0.3, 0.4) is 0 Å². The van der Waals surface area contributed by atoms with Crippen LogP contribution in [0.25, 0.3) is 21.8 Å². The maximum atomic E-state index is 12.9. The minimum absolute atomic E-state index is 0.00360. The third kappa shape index (κ3) is 2.89. The minimum atomic E-state index is 0.00360. The molecule has 4 N–H and O–H groups in total. The van der Waals surface area contributed by atoms with E-state index in [0.29, 0.717) is 18.5 Å². The number of aromatic amines is 1. The standard InChI is InChI=1S/C18H25N5O/c1-3-4-9-20-13-6-7-15-14(11-13)17-16(12(2)21-22-17)18(24)23(15)10-5-8-19/h6-7,11,20H,3-5,8-10,19H2,1-2H3,(H,21,22). The van der Waals surface area contributed by atoms with Crippen molar-refractivity contribution < 1.29 is 0 Å². The van der Waals surface area contributed by atoms with Crippen molar-refractivity contribution in [2.45, 2.75) is 39.7 Å². The van der Waals surface area contributed by atoms with Gasteiger partial charge in [-0.15, -0.1) is 0 Å². The molecule has 128 valence electrons. The van der Waals surface area contributed by atoms with Gasteiger partial charge in [0.05, 0.1) is 10.9 Å². The molecule has 3 rings (SSSR count). The maximum Gasteiger partial charge on any atom is 0.262 e. The third-order valence-corrected chi connectivity index (χ3v) is 4.39. The normalized spacial score (nSPS) is 11.5. The molecule has 2 aromatic heterocycles. The number of nitrogens with two attached hydrogens (primary N) is 1. The number of H-pyrrole nitrogens is 1. The third-order valence-electron chi connectivity index (χ3n) is 4.39. The van der Waals surface area contributed by atoms with Crippen LogP contribution < -0.4 is 16.6 Å². The first kappa shape index (κ1) is 16.5. The maximum absolute atomic E-state index is 12.9. The van der Waals surface area contributed by atoms with Crippen molar-refractivity contribution in [3.63, 3.8) is 0 Å². The number of rotatable bonds is 7. The van der Waals surface area contributed by atoms with Crippen molar-refractivity contribution in [1.29, 1.82) is 0 Å². The highest BCUT2D eigenvalue weighted by Gasteiger charge is 2.15. The van der Waals surface area contributed by atoms with E-state index < -0.39 is 0 Å². The fraction of sp³-hybridized carbons (Fsp3) is 0.444. The van der Waals surface area contributed by atoms with Gasteiger partial charge in [-0.2, -0.15) is 5.10 Å². The van der Waals surface area contributed by atoms with Gasteiger partial charge in [0.1, 0.15) is 5.52 Å². The number of nitrogens with one attached hydrogen (secondary N) is 2. The van der Waals surface area contributed by atoms with Crippen molar-refractivity contribution >= 4 is 27.5 Å². The van der Waals surface area contributed by atoms with Crippen LogP contribution in [-0.2, 0) is 6.54 Å². The number of pyridine rings is 1. The average Bonchev–Trinajstić information content (AvgIpc) is 2.97. The van der Waals surface area contributed by atoms with E-state index in [9.17, 15) is 4.79 Å². The minimum Gasteiger partial charge on any atom is -0.385 e. The van der Waals surface area contributed by atoms with E-state index in [2.05, 4.69) is 28.5 Å². The average molecular weight is 327 g/mol. The molecule has 0 aliphatic rings. The van der Waals surface area contributed by atoms with E-state index in [1.807, 2.05) is 23.6 Å². The summed E-state index contributed by atoms with van der Waals surface area (Å²) < 4.78 is 1.82. The Kier molecular flexibility index (Phi) is 4.85. The Hall–Kier alpha value is -2.34. The van der Waals surface area contributed by atoms with Crippen LogP contribution in [-0.4, -0.2) is 27.9 Å². The second-order valence-electron chi connectivity index (χ2n) is 6.18. The monoisotopic (exact) mass is 327 g/mol. The zero-order chi connectivity index (χ0) is 17.1. The molecule has 0 amide bonds. The van der Waals surface area contributed by atoms with Gasteiger partial charge >= 0.3 is 0 Å². The smallest absolute Gasteiger partial charge is 0.262 e. The van der Waals surface area contributed by atoms with Crippen LogP contribution >= 0.6 is 0 Å². The van der Waals surface area contributed by atoms with Crippen LogP contribution in [0.15, 0.2) is 23.0 Å². The second-order valence-corrected chi connectivity index (χ2v) is 6.18. The summed E-state index contributed by atoms with van der Waals surface area (Å²) in [6, 6.07) is 6.12. The molecule has 0 aliphatic carbocycles. The van der Waals surface area contributed by atoms with Crippen LogP contribution in [0, 0.1) is 6.92 Å². The summed E-state index contributed by atoms with van der Waals surface area (Å²) in [6.07, 6.45) is 3.06. The molecule has 0 fully saturated rings. The van der Waals surface area contributed by atoms with Crippen molar-refractivity contribution in [1.82, 2.24) is 14.8 Å². The van der Waals surface area contributed by atoms with Crippen LogP contribution in [0.5, 0.6) is 0 Å². The Morgan fingerprint density at radius 1 is 1.33 bits per heavy atom. The largest absolute Gasteiger partial charge is 0.385 e. The molecular weight excluding hydrogens is 302 g/mol. The number of unbranched alkanes of at least 4 members (excludes halogenated alkanes) is 1. The van der Waals surface area contributed by atoms with Gasteiger partial charge in [-0.25, -0.2) is 0 Å².